The van der Waals surface area contributed by atoms with Gasteiger partial charge in [-0.05, 0) is 25.2 Å². The maximum absolute atomic E-state index is 11.8. The van der Waals surface area contributed by atoms with E-state index in [2.05, 4.69) is 27.7 Å². The number of aliphatic carboxylic acids is 1. The average molecular weight is 625 g/mol. The van der Waals surface area contributed by atoms with Gasteiger partial charge in [-0.1, -0.05) is 201 Å². The Hall–Kier alpha value is -1.06. The van der Waals surface area contributed by atoms with Crippen molar-refractivity contribution < 1.29 is 19.4 Å². The van der Waals surface area contributed by atoms with E-state index in [1.807, 2.05) is 0 Å². The van der Waals surface area contributed by atoms with Gasteiger partial charge in [0.2, 0.25) is 0 Å². The fraction of sp³-hybridized carbons (Fsp3) is 0.950. The maximum atomic E-state index is 11.8. The van der Waals surface area contributed by atoms with Crippen molar-refractivity contribution in [2.45, 2.75) is 233 Å². The SMILES string of the molecule is CCCCCCCCCCCCCCCC(=O)O.CCCCCCCCCCCCCCCC(=O)OCC(CC)CCCC. The van der Waals surface area contributed by atoms with Crippen LogP contribution in [0.3, 0.4) is 0 Å². The van der Waals surface area contributed by atoms with Crippen LogP contribution in [0.5, 0.6) is 0 Å². The average Bonchev–Trinajstić information content (AvgIpc) is 3.02. The van der Waals surface area contributed by atoms with Crippen LogP contribution in [0, 0.1) is 5.92 Å². The summed E-state index contributed by atoms with van der Waals surface area (Å²) >= 11 is 0. The lowest BCUT2D eigenvalue weighted by molar-refractivity contribution is -0.145. The molecule has 44 heavy (non-hydrogen) atoms. The van der Waals surface area contributed by atoms with Crippen molar-refractivity contribution in [1.82, 2.24) is 0 Å². The number of hydrogen-bond acceptors (Lipinski definition) is 3. The molecule has 0 aromatic carbocycles. The third-order valence-corrected chi connectivity index (χ3v) is 9.00. The summed E-state index contributed by atoms with van der Waals surface area (Å²) < 4.78 is 5.46. The first kappa shape index (κ1) is 45.1. The number of rotatable bonds is 34. The summed E-state index contributed by atoms with van der Waals surface area (Å²) in [6.07, 6.45) is 40.1. The molecule has 0 saturated heterocycles. The zero-order chi connectivity index (χ0) is 32.8. The Morgan fingerprint density at radius 2 is 0.773 bits per heavy atom. The molecule has 0 spiro atoms. The van der Waals surface area contributed by atoms with Gasteiger partial charge >= 0.3 is 11.9 Å². The molecule has 0 amide bonds. The highest BCUT2D eigenvalue weighted by Crippen LogP contribution is 2.16. The van der Waals surface area contributed by atoms with E-state index in [9.17, 15) is 9.59 Å². The van der Waals surface area contributed by atoms with Crippen molar-refractivity contribution in [3.05, 3.63) is 0 Å². The summed E-state index contributed by atoms with van der Waals surface area (Å²) in [4.78, 5) is 22.1. The third kappa shape index (κ3) is 40.9. The minimum Gasteiger partial charge on any atom is -0.481 e. The third-order valence-electron chi connectivity index (χ3n) is 9.00. The molecule has 0 aliphatic rings. The van der Waals surface area contributed by atoms with Crippen LogP contribution >= 0.6 is 0 Å². The standard InChI is InChI=1S/C24H48O2.C16H32O2/c1-4-7-9-10-11-12-13-14-15-16-17-18-19-21-24(25)26-22-23(6-3)20-8-5-2;1-2-3-4-5-6-7-8-9-10-11-12-13-14-15-16(17)18/h23H,4-22H2,1-3H3;2-15H2,1H3,(H,17,18). The van der Waals surface area contributed by atoms with E-state index in [-0.39, 0.29) is 5.97 Å². The summed E-state index contributed by atoms with van der Waals surface area (Å²) in [7, 11) is 0. The molecule has 0 heterocycles. The Kier molecular flexibility index (Phi) is 40.9. The predicted octanol–water partition coefficient (Wildman–Crippen LogP) is 13.8. The first-order valence-electron chi connectivity index (χ1n) is 19.9. The van der Waals surface area contributed by atoms with Gasteiger partial charge in [0.25, 0.3) is 0 Å². The van der Waals surface area contributed by atoms with Crippen molar-refractivity contribution in [3.8, 4) is 0 Å². The second-order valence-corrected chi connectivity index (χ2v) is 13.5. The molecule has 264 valence electrons. The normalized spacial score (nSPS) is 11.6. The lowest BCUT2D eigenvalue weighted by atomic mass is 10.0. The Morgan fingerprint density at radius 3 is 1.09 bits per heavy atom. The van der Waals surface area contributed by atoms with Crippen LogP contribution < -0.4 is 0 Å². The van der Waals surface area contributed by atoms with Gasteiger partial charge in [0.15, 0.2) is 0 Å². The molecule has 0 aromatic rings. The van der Waals surface area contributed by atoms with Crippen molar-refractivity contribution in [2.75, 3.05) is 6.61 Å². The number of ether oxygens (including phenoxy) is 1. The number of carbonyl (C=O) groups excluding carboxylic acids is 1. The van der Waals surface area contributed by atoms with Gasteiger partial charge < -0.3 is 9.84 Å². The van der Waals surface area contributed by atoms with Gasteiger partial charge in [0, 0.05) is 12.8 Å². The molecular weight excluding hydrogens is 544 g/mol. The highest BCUT2D eigenvalue weighted by atomic mass is 16.5. The van der Waals surface area contributed by atoms with Crippen LogP contribution in [-0.2, 0) is 14.3 Å². The van der Waals surface area contributed by atoms with E-state index in [0.29, 0.717) is 25.4 Å². The van der Waals surface area contributed by atoms with Crippen molar-refractivity contribution in [2.24, 2.45) is 5.92 Å². The molecular formula is C40H80O4. The van der Waals surface area contributed by atoms with Crippen LogP contribution in [0.2, 0.25) is 0 Å². The molecule has 1 N–H and O–H groups in total. The molecule has 0 bridgehead atoms. The molecule has 0 fully saturated rings. The Bertz CT molecular complexity index is 562. The highest BCUT2D eigenvalue weighted by molar-refractivity contribution is 5.69. The van der Waals surface area contributed by atoms with E-state index in [1.165, 1.54) is 167 Å². The molecule has 0 saturated carbocycles. The summed E-state index contributed by atoms with van der Waals surface area (Å²) in [6.45, 7) is 9.58. The maximum Gasteiger partial charge on any atom is 0.305 e. The number of carboxylic acids is 1. The Morgan fingerprint density at radius 1 is 0.455 bits per heavy atom. The van der Waals surface area contributed by atoms with E-state index >= 15 is 0 Å². The van der Waals surface area contributed by atoms with Gasteiger partial charge in [0.1, 0.15) is 0 Å². The van der Waals surface area contributed by atoms with Gasteiger partial charge in [-0.25, -0.2) is 0 Å². The van der Waals surface area contributed by atoms with Crippen molar-refractivity contribution in [3.63, 3.8) is 0 Å². The minimum absolute atomic E-state index is 0.0167. The number of unbranched alkanes of at least 4 members (excludes halogenated alkanes) is 25. The summed E-state index contributed by atoms with van der Waals surface area (Å²) in [5.41, 5.74) is 0. The zero-order valence-corrected chi connectivity index (χ0v) is 30.6. The first-order valence-corrected chi connectivity index (χ1v) is 19.9. The molecule has 1 atom stereocenters. The lowest BCUT2D eigenvalue weighted by Crippen LogP contribution is -2.13. The molecule has 4 heteroatoms. The molecule has 1 unspecified atom stereocenters. The number of carboxylic acid groups (broad SMARTS) is 1. The highest BCUT2D eigenvalue weighted by Gasteiger charge is 2.09. The van der Waals surface area contributed by atoms with E-state index in [4.69, 9.17) is 9.84 Å². The van der Waals surface area contributed by atoms with E-state index < -0.39 is 5.97 Å². The smallest absolute Gasteiger partial charge is 0.305 e. The largest absolute Gasteiger partial charge is 0.481 e. The molecule has 0 aromatic heterocycles. The molecule has 0 aliphatic heterocycles. The first-order chi connectivity index (χ1) is 21.5. The summed E-state index contributed by atoms with van der Waals surface area (Å²) in [5, 5.41) is 8.49. The Labute approximate surface area is 276 Å². The molecule has 0 rings (SSSR count). The van der Waals surface area contributed by atoms with Crippen LogP contribution in [0.1, 0.15) is 233 Å². The minimum atomic E-state index is -0.655. The monoisotopic (exact) mass is 625 g/mol. The van der Waals surface area contributed by atoms with Gasteiger partial charge in [-0.3, -0.25) is 9.59 Å². The number of hydrogen-bond donors (Lipinski definition) is 1. The number of esters is 1. The van der Waals surface area contributed by atoms with E-state index in [0.717, 1.165) is 25.7 Å². The van der Waals surface area contributed by atoms with Crippen molar-refractivity contribution >= 4 is 11.9 Å². The quantitative estimate of drug-likeness (QED) is 0.0571. The van der Waals surface area contributed by atoms with Gasteiger partial charge in [-0.2, -0.15) is 0 Å². The van der Waals surface area contributed by atoms with Crippen molar-refractivity contribution in [1.29, 1.82) is 0 Å². The summed E-state index contributed by atoms with van der Waals surface area (Å²) in [5.74, 6) is -0.0772. The number of carbonyl (C=O) groups is 2. The second-order valence-electron chi connectivity index (χ2n) is 13.5. The predicted molar refractivity (Wildman–Crippen MR) is 193 cm³/mol. The zero-order valence-electron chi connectivity index (χ0n) is 30.6. The summed E-state index contributed by atoms with van der Waals surface area (Å²) in [6, 6.07) is 0. The topological polar surface area (TPSA) is 63.6 Å². The fourth-order valence-electron chi connectivity index (χ4n) is 5.76. The van der Waals surface area contributed by atoms with Gasteiger partial charge in [-0.15, -0.1) is 0 Å². The van der Waals surface area contributed by atoms with E-state index in [1.54, 1.807) is 0 Å². The second kappa shape index (κ2) is 40.0. The van der Waals surface area contributed by atoms with Crippen LogP contribution in [0.4, 0.5) is 0 Å². The van der Waals surface area contributed by atoms with Crippen LogP contribution in [0.25, 0.3) is 0 Å². The van der Waals surface area contributed by atoms with Gasteiger partial charge in [0.05, 0.1) is 6.61 Å². The van der Waals surface area contributed by atoms with Crippen LogP contribution in [0.15, 0.2) is 0 Å². The fourth-order valence-corrected chi connectivity index (χ4v) is 5.76. The molecule has 4 nitrogen and oxygen atoms in total. The van der Waals surface area contributed by atoms with Crippen LogP contribution in [-0.4, -0.2) is 23.7 Å². The molecule has 0 aliphatic carbocycles. The lowest BCUT2D eigenvalue weighted by Gasteiger charge is -2.14. The molecule has 0 radical (unpaired) electrons. The Balaban J connectivity index is 0.